The molecule has 0 saturated carbocycles. The van der Waals surface area contributed by atoms with Crippen molar-refractivity contribution in [2.24, 2.45) is 0 Å². The van der Waals surface area contributed by atoms with Gasteiger partial charge < -0.3 is 9.84 Å². The van der Waals surface area contributed by atoms with Crippen LogP contribution >= 0.6 is 0 Å². The first-order valence-electron chi connectivity index (χ1n) is 4.84. The van der Waals surface area contributed by atoms with Crippen LogP contribution in [0.2, 0.25) is 0 Å². The Balaban J connectivity index is 2.58. The second-order valence-electron chi connectivity index (χ2n) is 3.95. The van der Waals surface area contributed by atoms with E-state index in [1.165, 1.54) is 18.2 Å². The third-order valence-corrected chi connectivity index (χ3v) is 2.90. The lowest BCUT2D eigenvalue weighted by Gasteiger charge is -2.39. The Labute approximate surface area is 90.7 Å². The van der Waals surface area contributed by atoms with Gasteiger partial charge in [-0.15, -0.1) is 0 Å². The average Bonchev–Trinajstić information content (AvgIpc) is 2.23. The molecule has 0 amide bonds. The summed E-state index contributed by atoms with van der Waals surface area (Å²) in [4.78, 5) is 0. The molecular formula is C11H11F3O2. The Bertz CT molecular complexity index is 402. The molecule has 1 heterocycles. The van der Waals surface area contributed by atoms with Gasteiger partial charge in [0.2, 0.25) is 0 Å². The molecule has 1 N–H and O–H groups in total. The van der Waals surface area contributed by atoms with Crippen LogP contribution in [-0.4, -0.2) is 17.9 Å². The summed E-state index contributed by atoms with van der Waals surface area (Å²) >= 11 is 0. The molecule has 2 atom stereocenters. The molecule has 0 fully saturated rings. The van der Waals surface area contributed by atoms with Gasteiger partial charge in [0.05, 0.1) is 6.61 Å². The molecule has 0 spiro atoms. The maximum absolute atomic E-state index is 12.9. The van der Waals surface area contributed by atoms with Crippen LogP contribution < -0.4 is 0 Å². The maximum Gasteiger partial charge on any atom is 0.421 e. The standard InChI is InChI=1S/C11H11F3O2/c1-10(11(12,13)14)8-5-3-2-4-7(8)9(15)6-16-10/h2-5,9,15H,6H2,1H3/t9?,10-/m0/s1. The number of benzene rings is 1. The number of hydrogen-bond donors (Lipinski definition) is 1. The van der Waals surface area contributed by atoms with Crippen molar-refractivity contribution in [3.8, 4) is 0 Å². The molecular weight excluding hydrogens is 221 g/mol. The highest BCUT2D eigenvalue weighted by Crippen LogP contribution is 2.47. The SMILES string of the molecule is C[C@]1(C(F)(F)F)OCC(O)c2ccccc21. The molecule has 2 rings (SSSR count). The maximum atomic E-state index is 12.9. The number of rotatable bonds is 0. The van der Waals surface area contributed by atoms with Crippen LogP contribution in [-0.2, 0) is 10.3 Å². The van der Waals surface area contributed by atoms with Gasteiger partial charge in [0, 0.05) is 0 Å². The van der Waals surface area contributed by atoms with E-state index in [2.05, 4.69) is 0 Å². The van der Waals surface area contributed by atoms with E-state index in [4.69, 9.17) is 4.74 Å². The van der Waals surface area contributed by atoms with E-state index in [1.807, 2.05) is 0 Å². The van der Waals surface area contributed by atoms with Gasteiger partial charge in [-0.05, 0) is 18.1 Å². The van der Waals surface area contributed by atoms with Crippen molar-refractivity contribution in [2.75, 3.05) is 6.61 Å². The summed E-state index contributed by atoms with van der Waals surface area (Å²) in [5.74, 6) is 0. The number of ether oxygens (including phenoxy) is 1. The van der Waals surface area contributed by atoms with E-state index in [0.29, 0.717) is 0 Å². The molecule has 1 aromatic rings. The zero-order valence-corrected chi connectivity index (χ0v) is 8.58. The van der Waals surface area contributed by atoms with Gasteiger partial charge in [-0.1, -0.05) is 24.3 Å². The second-order valence-corrected chi connectivity index (χ2v) is 3.95. The molecule has 1 aliphatic rings. The Kier molecular flexibility index (Phi) is 2.47. The molecule has 0 bridgehead atoms. The fraction of sp³-hybridized carbons (Fsp3) is 0.455. The van der Waals surface area contributed by atoms with Crippen LogP contribution in [0.3, 0.4) is 0 Å². The fourth-order valence-corrected chi connectivity index (χ4v) is 1.87. The molecule has 16 heavy (non-hydrogen) atoms. The fourth-order valence-electron chi connectivity index (χ4n) is 1.87. The third kappa shape index (κ3) is 1.51. The molecule has 1 aliphatic heterocycles. The van der Waals surface area contributed by atoms with Crippen molar-refractivity contribution in [2.45, 2.75) is 24.8 Å². The summed E-state index contributed by atoms with van der Waals surface area (Å²) in [6.45, 7) is 0.644. The van der Waals surface area contributed by atoms with E-state index in [0.717, 1.165) is 6.92 Å². The summed E-state index contributed by atoms with van der Waals surface area (Å²) in [5, 5.41) is 9.57. The molecule has 2 nitrogen and oxygen atoms in total. The number of fused-ring (bicyclic) bond motifs is 1. The zero-order valence-electron chi connectivity index (χ0n) is 8.58. The Hall–Kier alpha value is -1.07. The highest BCUT2D eigenvalue weighted by molar-refractivity contribution is 5.36. The van der Waals surface area contributed by atoms with Crippen LogP contribution in [0.15, 0.2) is 24.3 Å². The highest BCUT2D eigenvalue weighted by Gasteiger charge is 2.56. The van der Waals surface area contributed by atoms with Crippen molar-refractivity contribution in [1.29, 1.82) is 0 Å². The minimum Gasteiger partial charge on any atom is -0.386 e. The molecule has 0 radical (unpaired) electrons. The van der Waals surface area contributed by atoms with Crippen LogP contribution in [0.1, 0.15) is 24.2 Å². The first kappa shape index (κ1) is 11.4. The molecule has 88 valence electrons. The minimum absolute atomic E-state index is 0.0127. The molecule has 1 aromatic carbocycles. The first-order valence-corrected chi connectivity index (χ1v) is 4.84. The summed E-state index contributed by atoms with van der Waals surface area (Å²) in [6.07, 6.45) is -5.49. The van der Waals surface area contributed by atoms with Crippen LogP contribution in [0, 0.1) is 0 Å². The summed E-state index contributed by atoms with van der Waals surface area (Å²) < 4.78 is 43.6. The predicted molar refractivity (Wildman–Crippen MR) is 50.8 cm³/mol. The smallest absolute Gasteiger partial charge is 0.386 e. The van der Waals surface area contributed by atoms with E-state index < -0.39 is 17.9 Å². The lowest BCUT2D eigenvalue weighted by Crippen LogP contribution is -2.46. The molecule has 0 aliphatic carbocycles. The molecule has 0 saturated heterocycles. The van der Waals surface area contributed by atoms with Gasteiger partial charge in [-0.25, -0.2) is 0 Å². The van der Waals surface area contributed by atoms with Crippen molar-refractivity contribution >= 4 is 0 Å². The number of aliphatic hydroxyl groups excluding tert-OH is 1. The summed E-state index contributed by atoms with van der Waals surface area (Å²) in [6, 6.07) is 5.94. The largest absolute Gasteiger partial charge is 0.421 e. The van der Waals surface area contributed by atoms with Crippen molar-refractivity contribution in [3.05, 3.63) is 35.4 Å². The highest BCUT2D eigenvalue weighted by atomic mass is 19.4. The second kappa shape index (κ2) is 3.46. The van der Waals surface area contributed by atoms with Gasteiger partial charge in [0.1, 0.15) is 6.10 Å². The van der Waals surface area contributed by atoms with Gasteiger partial charge in [-0.2, -0.15) is 13.2 Å². The lowest BCUT2D eigenvalue weighted by molar-refractivity contribution is -0.288. The Morgan fingerprint density at radius 2 is 2.00 bits per heavy atom. The van der Waals surface area contributed by atoms with Gasteiger partial charge in [0.25, 0.3) is 0 Å². The molecule has 1 unspecified atom stereocenters. The summed E-state index contributed by atoms with van der Waals surface area (Å²) in [5.41, 5.74) is -2.06. The quantitative estimate of drug-likeness (QED) is 0.744. The first-order chi connectivity index (χ1) is 7.36. The number of hydrogen-bond acceptors (Lipinski definition) is 2. The summed E-state index contributed by atoms with van der Waals surface area (Å²) in [7, 11) is 0. The zero-order chi connectivity index (χ0) is 12.0. The predicted octanol–water partition coefficient (Wildman–Crippen LogP) is 2.53. The number of alkyl halides is 3. The van der Waals surface area contributed by atoms with Crippen LogP contribution in [0.25, 0.3) is 0 Å². The van der Waals surface area contributed by atoms with E-state index in [9.17, 15) is 18.3 Å². The van der Waals surface area contributed by atoms with Crippen molar-refractivity contribution in [3.63, 3.8) is 0 Å². The Morgan fingerprint density at radius 3 is 2.62 bits per heavy atom. The van der Waals surface area contributed by atoms with Crippen LogP contribution in [0.4, 0.5) is 13.2 Å². The van der Waals surface area contributed by atoms with Gasteiger partial charge >= 0.3 is 6.18 Å². The van der Waals surface area contributed by atoms with E-state index >= 15 is 0 Å². The van der Waals surface area contributed by atoms with E-state index in [-0.39, 0.29) is 17.7 Å². The Morgan fingerprint density at radius 1 is 1.38 bits per heavy atom. The minimum atomic E-state index is -4.50. The third-order valence-electron chi connectivity index (χ3n) is 2.90. The normalized spacial score (nSPS) is 29.9. The lowest BCUT2D eigenvalue weighted by atomic mass is 9.86. The monoisotopic (exact) mass is 232 g/mol. The molecule has 5 heteroatoms. The molecule has 0 aromatic heterocycles. The van der Waals surface area contributed by atoms with Crippen molar-refractivity contribution in [1.82, 2.24) is 0 Å². The number of halogens is 3. The van der Waals surface area contributed by atoms with Gasteiger partial charge in [0.15, 0.2) is 5.60 Å². The van der Waals surface area contributed by atoms with Crippen molar-refractivity contribution < 1.29 is 23.0 Å². The topological polar surface area (TPSA) is 29.5 Å². The van der Waals surface area contributed by atoms with Crippen LogP contribution in [0.5, 0.6) is 0 Å². The number of aliphatic hydroxyl groups is 1. The van der Waals surface area contributed by atoms with E-state index in [1.54, 1.807) is 6.07 Å². The average molecular weight is 232 g/mol. The van der Waals surface area contributed by atoms with Gasteiger partial charge in [-0.3, -0.25) is 0 Å².